The van der Waals surface area contributed by atoms with E-state index in [1.807, 2.05) is 0 Å². The van der Waals surface area contributed by atoms with Gasteiger partial charge in [0.2, 0.25) is 0 Å². The van der Waals surface area contributed by atoms with Crippen molar-refractivity contribution in [1.29, 1.82) is 0 Å². The summed E-state index contributed by atoms with van der Waals surface area (Å²) in [5, 5.41) is 0. The second kappa shape index (κ2) is 3.26. The van der Waals surface area contributed by atoms with Crippen molar-refractivity contribution in [2.75, 3.05) is 0 Å². The molecule has 0 atom stereocenters. The molecule has 0 fully saturated rings. The van der Waals surface area contributed by atoms with Crippen molar-refractivity contribution in [3.05, 3.63) is 0 Å². The van der Waals surface area contributed by atoms with E-state index in [-0.39, 0.29) is 0 Å². The van der Waals surface area contributed by atoms with Gasteiger partial charge in [-0.05, 0) is 4.83 Å². The van der Waals surface area contributed by atoms with Gasteiger partial charge in [0.05, 0.1) is 10.2 Å². The molecule has 0 bridgehead atoms. The molecule has 0 aliphatic heterocycles. The van der Waals surface area contributed by atoms with E-state index in [1.165, 1.54) is 0 Å². The summed E-state index contributed by atoms with van der Waals surface area (Å²) in [4.78, 5) is 2.55. The van der Waals surface area contributed by atoms with Gasteiger partial charge in [0.1, 0.15) is 0 Å². The van der Waals surface area contributed by atoms with E-state index in [9.17, 15) is 0 Å². The minimum Gasteiger partial charge on any atom is -0.132 e. The molecule has 0 radical (unpaired) electrons. The zero-order valence-electron chi connectivity index (χ0n) is 2.38. The minimum absolute atomic E-state index is 0.982. The Hall–Kier alpha value is 0.257. The number of hydrogen-bond acceptors (Lipinski definition) is 0. The largest absolute Gasteiger partial charge is 0.132 e. The summed E-state index contributed by atoms with van der Waals surface area (Å²) >= 11 is 2.92. The Morgan fingerprint density at radius 2 is 2.00 bits per heavy atom. The lowest BCUT2D eigenvalue weighted by Crippen LogP contribution is -1.37. The first-order valence-corrected chi connectivity index (χ1v) is 2.73. The van der Waals surface area contributed by atoms with Crippen LogP contribution in [0.2, 0.25) is 0 Å². The highest BCUT2D eigenvalue weighted by molar-refractivity contribution is 9.12. The molecule has 0 N–H and O–H groups in total. The molecule has 0 aliphatic rings. The highest BCUT2D eigenvalue weighted by Crippen LogP contribution is 1.61. The molecule has 2 heteroatoms. The molecule has 0 amide bonds. The highest BCUT2D eigenvalue weighted by atomic mass is 79.9. The summed E-state index contributed by atoms with van der Waals surface area (Å²) in [6.07, 6.45) is 0. The van der Waals surface area contributed by atoms with Crippen molar-refractivity contribution >= 4 is 26.2 Å². The normalized spacial score (nSPS) is 4.25. The van der Waals surface area contributed by atoms with Gasteiger partial charge in [-0.1, -0.05) is 0 Å². The third kappa shape index (κ3) is 2.26. The predicted molar refractivity (Wildman–Crippen MR) is 26.6 cm³/mol. The van der Waals surface area contributed by atoms with E-state index >= 15 is 0 Å². The average molecular weight is 135 g/mol. The van der Waals surface area contributed by atoms with Crippen LogP contribution < -0.4 is 0 Å². The Kier molecular flexibility index (Phi) is 3.47. The van der Waals surface area contributed by atoms with Crippen LogP contribution in [0.3, 0.4) is 0 Å². The van der Waals surface area contributed by atoms with Crippen molar-refractivity contribution in [2.45, 2.75) is 0 Å². The second-order valence-corrected chi connectivity index (χ2v) is 1.24. The van der Waals surface area contributed by atoms with E-state index in [1.54, 1.807) is 0 Å². The zero-order valence-corrected chi connectivity index (χ0v) is 5.96. The molecule has 0 saturated carbocycles. The quantitative estimate of drug-likeness (QED) is 0.315. The van der Waals surface area contributed by atoms with Crippen molar-refractivity contribution in [3.63, 3.8) is 0 Å². The van der Waals surface area contributed by atoms with E-state index < -0.39 is 0 Å². The Labute approximate surface area is 37.1 Å². The summed E-state index contributed by atoms with van der Waals surface area (Å²) in [6.45, 7) is 0. The maximum atomic E-state index is 2.92. The summed E-state index contributed by atoms with van der Waals surface area (Å²) < 4.78 is 0. The Morgan fingerprint density at radius 3 is 2.00 bits per heavy atom. The van der Waals surface area contributed by atoms with E-state index in [2.05, 4.69) is 26.3 Å². The van der Waals surface area contributed by atoms with Crippen LogP contribution >= 0.6 is 15.9 Å². The topological polar surface area (TPSA) is 0 Å². The van der Waals surface area contributed by atoms with E-state index in [0.717, 1.165) is 10.2 Å². The Balaban J connectivity index is 2.83. The van der Waals surface area contributed by atoms with Crippen LogP contribution in [0.1, 0.15) is 0 Å². The molecule has 4 heavy (non-hydrogen) atoms. The molecule has 0 heterocycles. The van der Waals surface area contributed by atoms with Gasteiger partial charge in [0.25, 0.3) is 0 Å². The Morgan fingerprint density at radius 1 is 1.75 bits per heavy atom. The van der Waals surface area contributed by atoms with Gasteiger partial charge < -0.3 is 0 Å². The number of rotatable bonds is 0. The summed E-state index contributed by atoms with van der Waals surface area (Å²) in [5.74, 6) is 0. The average Bonchev–Trinajstić information content (AvgIpc) is 1.37. The fourth-order valence-corrected chi connectivity index (χ4v) is 0. The molecule has 22 valence electrons. The molecule has 0 nitrogen and oxygen atoms in total. The first-order valence-electron chi connectivity index (χ1n) is 0.939. The first-order chi connectivity index (χ1) is 1.91. The van der Waals surface area contributed by atoms with Gasteiger partial charge in [-0.3, -0.25) is 0 Å². The highest BCUT2D eigenvalue weighted by Gasteiger charge is 1.30. The minimum atomic E-state index is 0.982. The molecule has 0 unspecified atom stereocenters. The molecule has 0 spiro atoms. The van der Waals surface area contributed by atoms with Crippen LogP contribution in [-0.2, 0) is 0 Å². The van der Waals surface area contributed by atoms with Crippen LogP contribution in [0.4, 0.5) is 0 Å². The summed E-state index contributed by atoms with van der Waals surface area (Å²) in [7, 11) is 0.982. The monoisotopic (exact) mass is 134 g/mol. The maximum absolute atomic E-state index is 2.92. The molecule has 0 aromatic heterocycles. The van der Waals surface area contributed by atoms with Crippen LogP contribution in [-0.4, -0.2) is 10.2 Å². The molecular weight excluding hydrogens is 132 g/mol. The third-order valence-electron chi connectivity index (χ3n) is 0.0945. The van der Waals surface area contributed by atoms with Crippen molar-refractivity contribution in [1.82, 2.24) is 0 Å². The van der Waals surface area contributed by atoms with Gasteiger partial charge in [-0.15, -0.1) is 5.54 Å². The van der Waals surface area contributed by atoms with Crippen LogP contribution in [0, 0.1) is 10.4 Å². The van der Waals surface area contributed by atoms with E-state index in [4.69, 9.17) is 0 Å². The van der Waals surface area contributed by atoms with Crippen molar-refractivity contribution in [2.24, 2.45) is 0 Å². The number of halogens is 1. The molecule has 0 aromatic carbocycles. The van der Waals surface area contributed by atoms with Gasteiger partial charge in [0.15, 0.2) is 0 Å². The van der Waals surface area contributed by atoms with Crippen LogP contribution in [0.25, 0.3) is 0 Å². The maximum Gasteiger partial charge on any atom is 0.0918 e. The Bertz CT molecular complexity index is 42.8. The summed E-state index contributed by atoms with van der Waals surface area (Å²) in [6, 6.07) is 0. The van der Waals surface area contributed by atoms with Gasteiger partial charge >= 0.3 is 0 Å². The predicted octanol–water partition coefficient (Wildman–Crippen LogP) is -0.335. The van der Waals surface area contributed by atoms with Gasteiger partial charge in [-0.25, -0.2) is 0 Å². The van der Waals surface area contributed by atoms with Crippen molar-refractivity contribution < 1.29 is 0 Å². The lowest BCUT2D eigenvalue weighted by molar-refractivity contribution is 3.03. The van der Waals surface area contributed by atoms with Gasteiger partial charge in [0, 0.05) is 15.9 Å². The second-order valence-electron chi connectivity index (χ2n) is 0.344. The molecular formula is C2H3BrSi. The molecule has 0 aliphatic carbocycles. The standard InChI is InChI=1S/C2H3BrSi/c3-1-2-4/h4H3. The SMILES string of the molecule is [SiH3]C#CBr. The first kappa shape index (κ1) is 4.26. The summed E-state index contributed by atoms with van der Waals surface area (Å²) in [5.41, 5.74) is 2.74. The zero-order chi connectivity index (χ0) is 3.41. The van der Waals surface area contributed by atoms with Crippen LogP contribution in [0.5, 0.6) is 0 Å². The lowest BCUT2D eigenvalue weighted by Gasteiger charge is -1.37. The van der Waals surface area contributed by atoms with Crippen molar-refractivity contribution in [3.8, 4) is 10.4 Å². The molecule has 0 aromatic rings. The fourth-order valence-electron chi connectivity index (χ4n) is 0. The van der Waals surface area contributed by atoms with E-state index in [0.29, 0.717) is 0 Å². The van der Waals surface area contributed by atoms with Crippen LogP contribution in [0.15, 0.2) is 0 Å². The molecule has 0 rings (SSSR count). The molecule has 0 saturated heterocycles. The lowest BCUT2D eigenvalue weighted by atomic mass is 11.4. The third-order valence-corrected chi connectivity index (χ3v) is 1.47. The smallest absolute Gasteiger partial charge is 0.0918 e. The van der Waals surface area contributed by atoms with Gasteiger partial charge in [-0.2, -0.15) is 0 Å². The fraction of sp³-hybridized carbons (Fsp3) is 0. The number of hydrogen-bond donors (Lipinski definition) is 0.